The van der Waals surface area contributed by atoms with Gasteiger partial charge in [0.2, 0.25) is 0 Å². The van der Waals surface area contributed by atoms with Gasteiger partial charge in [0, 0.05) is 25.8 Å². The van der Waals surface area contributed by atoms with E-state index in [1.54, 1.807) is 0 Å². The van der Waals surface area contributed by atoms with Gasteiger partial charge in [-0.15, -0.1) is 0 Å². The average molecular weight is 453 g/mol. The number of aryl methyl sites for hydroxylation is 2. The summed E-state index contributed by atoms with van der Waals surface area (Å²) in [5, 5.41) is 2.94. The number of ether oxygens (including phenoxy) is 1. The van der Waals surface area contributed by atoms with Crippen molar-refractivity contribution >= 4 is 24.8 Å². The van der Waals surface area contributed by atoms with E-state index in [1.807, 2.05) is 62.4 Å². The SMILES string of the molecule is Cc1cccc(C)c1NC(=O)C1([P+]2(CC(=O)OCc3ccccc3)CCCCCC2)CC1. The Labute approximate surface area is 192 Å². The zero-order chi connectivity index (χ0) is 22.6. The molecule has 2 aliphatic rings. The molecule has 1 aliphatic heterocycles. The number of carbonyl (C=O) groups excluding carboxylic acids is 2. The second-order valence-corrected chi connectivity index (χ2v) is 13.9. The fourth-order valence-corrected chi connectivity index (χ4v) is 10.8. The van der Waals surface area contributed by atoms with Crippen LogP contribution >= 0.6 is 7.26 Å². The van der Waals surface area contributed by atoms with E-state index in [0.717, 1.165) is 60.4 Å². The largest absolute Gasteiger partial charge is 0.458 e. The maximum Gasteiger partial charge on any atom is 0.344 e. The van der Waals surface area contributed by atoms with Crippen LogP contribution in [0.4, 0.5) is 5.69 Å². The molecule has 4 nitrogen and oxygen atoms in total. The lowest BCUT2D eigenvalue weighted by molar-refractivity contribution is -0.141. The molecule has 5 heteroatoms. The Morgan fingerprint density at radius 1 is 0.906 bits per heavy atom. The molecule has 1 amide bonds. The zero-order valence-electron chi connectivity index (χ0n) is 19.4. The topological polar surface area (TPSA) is 55.4 Å². The van der Waals surface area contributed by atoms with Crippen molar-refractivity contribution in [3.8, 4) is 0 Å². The van der Waals surface area contributed by atoms with Crippen molar-refractivity contribution in [2.24, 2.45) is 0 Å². The number of anilines is 1. The van der Waals surface area contributed by atoms with Gasteiger partial charge < -0.3 is 10.1 Å². The van der Waals surface area contributed by atoms with Gasteiger partial charge in [0.15, 0.2) is 11.3 Å². The lowest BCUT2D eigenvalue weighted by Gasteiger charge is -2.33. The highest BCUT2D eigenvalue weighted by Crippen LogP contribution is 2.79. The van der Waals surface area contributed by atoms with Crippen LogP contribution in [0, 0.1) is 13.8 Å². The van der Waals surface area contributed by atoms with Crippen molar-refractivity contribution in [3.63, 3.8) is 0 Å². The average Bonchev–Trinajstić information content (AvgIpc) is 3.62. The van der Waals surface area contributed by atoms with Crippen LogP contribution < -0.4 is 5.32 Å². The van der Waals surface area contributed by atoms with Crippen molar-refractivity contribution in [1.29, 1.82) is 0 Å². The van der Waals surface area contributed by atoms with Crippen molar-refractivity contribution in [1.82, 2.24) is 0 Å². The summed E-state index contributed by atoms with van der Waals surface area (Å²) in [6.45, 7) is 4.39. The molecule has 1 saturated carbocycles. The second kappa shape index (κ2) is 9.75. The molecule has 0 aromatic heterocycles. The number of hydrogen-bond acceptors (Lipinski definition) is 3. The van der Waals surface area contributed by atoms with Crippen molar-refractivity contribution < 1.29 is 14.3 Å². The maximum absolute atomic E-state index is 13.7. The number of rotatable bonds is 7. The molecule has 2 aromatic rings. The first-order chi connectivity index (χ1) is 15.5. The molecule has 0 unspecified atom stereocenters. The molecule has 0 spiro atoms. The Balaban J connectivity index is 1.53. The van der Waals surface area contributed by atoms with Crippen LogP contribution in [0.1, 0.15) is 55.2 Å². The molecule has 2 fully saturated rings. The minimum atomic E-state index is -1.81. The van der Waals surface area contributed by atoms with Gasteiger partial charge >= 0.3 is 5.97 Å². The zero-order valence-corrected chi connectivity index (χ0v) is 20.3. The Kier molecular flexibility index (Phi) is 7.00. The van der Waals surface area contributed by atoms with Gasteiger partial charge in [-0.25, -0.2) is 4.79 Å². The smallest absolute Gasteiger partial charge is 0.344 e. The summed E-state index contributed by atoms with van der Waals surface area (Å²) in [5.41, 5.74) is 4.11. The lowest BCUT2D eigenvalue weighted by atomic mass is 10.1. The molecule has 1 heterocycles. The third-order valence-electron chi connectivity index (χ3n) is 7.37. The van der Waals surface area contributed by atoms with Crippen LogP contribution in [-0.2, 0) is 20.9 Å². The molecule has 4 rings (SSSR count). The summed E-state index contributed by atoms with van der Waals surface area (Å²) in [6.07, 6.45) is 8.98. The third-order valence-corrected chi connectivity index (χ3v) is 13.0. The number of carbonyl (C=O) groups is 2. The second-order valence-electron chi connectivity index (χ2n) is 9.56. The van der Waals surface area contributed by atoms with Crippen LogP contribution in [0.15, 0.2) is 48.5 Å². The Bertz CT molecular complexity index is 940. The number of para-hydroxylation sites is 1. The highest BCUT2D eigenvalue weighted by atomic mass is 31.2. The maximum atomic E-state index is 13.7. The fourth-order valence-electron chi connectivity index (χ4n) is 5.34. The fraction of sp³-hybridized carbons (Fsp3) is 0.481. The van der Waals surface area contributed by atoms with E-state index in [1.165, 1.54) is 12.8 Å². The number of nitrogens with one attached hydrogen (secondary N) is 1. The van der Waals surface area contributed by atoms with Gasteiger partial charge in [0.05, 0.1) is 12.3 Å². The number of benzene rings is 2. The van der Waals surface area contributed by atoms with Crippen LogP contribution in [0.2, 0.25) is 0 Å². The predicted octanol–water partition coefficient (Wildman–Crippen LogP) is 6.11. The van der Waals surface area contributed by atoms with E-state index in [9.17, 15) is 9.59 Å². The van der Waals surface area contributed by atoms with E-state index < -0.39 is 7.26 Å². The summed E-state index contributed by atoms with van der Waals surface area (Å²) >= 11 is 0. The molecule has 32 heavy (non-hydrogen) atoms. The van der Waals surface area contributed by atoms with E-state index in [0.29, 0.717) is 12.8 Å². The van der Waals surface area contributed by atoms with Crippen LogP contribution in [0.3, 0.4) is 0 Å². The van der Waals surface area contributed by atoms with Crippen LogP contribution in [-0.4, -0.2) is 35.5 Å². The van der Waals surface area contributed by atoms with Crippen molar-refractivity contribution in [2.75, 3.05) is 23.8 Å². The van der Waals surface area contributed by atoms with E-state index in [2.05, 4.69) is 5.32 Å². The normalized spacial score (nSPS) is 18.9. The molecule has 170 valence electrons. The molecule has 2 aromatic carbocycles. The predicted molar refractivity (Wildman–Crippen MR) is 133 cm³/mol. The van der Waals surface area contributed by atoms with Crippen LogP contribution in [0.5, 0.6) is 0 Å². The minimum Gasteiger partial charge on any atom is -0.458 e. The summed E-state index contributed by atoms with van der Waals surface area (Å²) < 4.78 is 5.71. The summed E-state index contributed by atoms with van der Waals surface area (Å²) in [7, 11) is -1.81. The Hall–Kier alpha value is -2.19. The van der Waals surface area contributed by atoms with Gasteiger partial charge in [0.1, 0.15) is 6.61 Å². The monoisotopic (exact) mass is 452 g/mol. The number of esters is 1. The Morgan fingerprint density at radius 3 is 2.12 bits per heavy atom. The van der Waals surface area contributed by atoms with Crippen molar-refractivity contribution in [3.05, 3.63) is 65.2 Å². The van der Waals surface area contributed by atoms with Gasteiger partial charge in [-0.3, -0.25) is 4.79 Å². The highest BCUT2D eigenvalue weighted by molar-refractivity contribution is 7.79. The lowest BCUT2D eigenvalue weighted by Crippen LogP contribution is -2.37. The highest BCUT2D eigenvalue weighted by Gasteiger charge is 2.70. The minimum absolute atomic E-state index is 0.129. The van der Waals surface area contributed by atoms with E-state index in [-0.39, 0.29) is 17.0 Å². The molecule has 0 radical (unpaired) electrons. The molecule has 0 bridgehead atoms. The molecule has 1 saturated heterocycles. The third kappa shape index (κ3) is 4.76. The van der Waals surface area contributed by atoms with Gasteiger partial charge in [-0.05, 0) is 56.2 Å². The first kappa shape index (κ1) is 23.0. The first-order valence-corrected chi connectivity index (χ1v) is 14.2. The van der Waals surface area contributed by atoms with E-state index >= 15 is 0 Å². The van der Waals surface area contributed by atoms with Crippen LogP contribution in [0.25, 0.3) is 0 Å². The van der Waals surface area contributed by atoms with Gasteiger partial charge in [0.25, 0.3) is 5.91 Å². The first-order valence-electron chi connectivity index (χ1n) is 11.9. The molecule has 0 atom stereocenters. The van der Waals surface area contributed by atoms with Crippen molar-refractivity contribution in [2.45, 2.75) is 64.1 Å². The summed E-state index contributed by atoms with van der Waals surface area (Å²) in [5.74, 6) is 0.0104. The molecule has 1 aliphatic carbocycles. The van der Waals surface area contributed by atoms with Gasteiger partial charge in [-0.2, -0.15) is 0 Å². The standard InChI is InChI=1S/C27H34NO3P/c1-21-11-10-12-22(2)25(21)28-26(30)27(15-16-27)32(17-8-3-4-9-18-32)20-24(29)31-19-23-13-6-5-7-14-23/h5-7,10-14H,3-4,8-9,15-20H2,1-2H3/p+1. The molecule has 1 N–H and O–H groups in total. The summed E-state index contributed by atoms with van der Waals surface area (Å²) in [4.78, 5) is 26.8. The van der Waals surface area contributed by atoms with E-state index in [4.69, 9.17) is 4.74 Å². The number of amides is 1. The summed E-state index contributed by atoms with van der Waals surface area (Å²) in [6, 6.07) is 15.9. The van der Waals surface area contributed by atoms with Gasteiger partial charge in [-0.1, -0.05) is 48.5 Å². The Morgan fingerprint density at radius 2 is 1.53 bits per heavy atom. The quantitative estimate of drug-likeness (QED) is 0.407. The molecular weight excluding hydrogens is 417 g/mol. The molecular formula is C27H35NO3P+. The number of hydrogen-bond donors (Lipinski definition) is 1.